The van der Waals surface area contributed by atoms with E-state index in [-0.39, 0.29) is 5.91 Å². The number of nitrogens with one attached hydrogen (secondary N) is 1. The Hall–Kier alpha value is -1.43. The first-order chi connectivity index (χ1) is 10.00. The molecule has 1 aromatic carbocycles. The fraction of sp³-hybridized carbons (Fsp3) is 0.562. The zero-order valence-electron chi connectivity index (χ0n) is 12.6. The highest BCUT2D eigenvalue weighted by Gasteiger charge is 2.28. The summed E-state index contributed by atoms with van der Waals surface area (Å²) in [5.41, 5.74) is 6.76. The molecule has 5 heteroatoms. The predicted octanol–water partition coefficient (Wildman–Crippen LogP) is 1.32. The second-order valence-corrected chi connectivity index (χ2v) is 6.04. The first-order valence-corrected chi connectivity index (χ1v) is 7.53. The lowest BCUT2D eigenvalue weighted by molar-refractivity contribution is -0.117. The number of piperidine rings is 1. The lowest BCUT2D eigenvalue weighted by atomic mass is 9.95. The number of carbonyl (C=O) groups is 1. The van der Waals surface area contributed by atoms with E-state index in [0.29, 0.717) is 26.1 Å². The lowest BCUT2D eigenvalue weighted by Crippen LogP contribution is -2.46. The van der Waals surface area contributed by atoms with Crippen molar-refractivity contribution in [3.8, 4) is 0 Å². The highest BCUT2D eigenvalue weighted by atomic mass is 16.3. The topological polar surface area (TPSA) is 78.6 Å². The summed E-state index contributed by atoms with van der Waals surface area (Å²) in [4.78, 5) is 14.2. The predicted molar refractivity (Wildman–Crippen MR) is 83.9 cm³/mol. The van der Waals surface area contributed by atoms with Crippen molar-refractivity contribution in [2.24, 2.45) is 5.73 Å². The maximum atomic E-state index is 12.0. The third kappa shape index (κ3) is 4.81. The molecule has 1 amide bonds. The summed E-state index contributed by atoms with van der Waals surface area (Å²) in [6, 6.07) is 7.58. The summed E-state index contributed by atoms with van der Waals surface area (Å²) in [5.74, 6) is -0.0129. The largest absolute Gasteiger partial charge is 0.389 e. The molecular weight excluding hydrogens is 266 g/mol. The van der Waals surface area contributed by atoms with E-state index in [1.807, 2.05) is 31.2 Å². The molecule has 5 nitrogen and oxygen atoms in total. The van der Waals surface area contributed by atoms with Crippen molar-refractivity contribution >= 4 is 11.6 Å². The van der Waals surface area contributed by atoms with Crippen molar-refractivity contribution < 1.29 is 9.90 Å². The Balaban J connectivity index is 1.82. The highest BCUT2D eigenvalue weighted by molar-refractivity contribution is 5.91. The Bertz CT molecular complexity index is 488. The van der Waals surface area contributed by atoms with Crippen LogP contribution in [-0.4, -0.2) is 41.1 Å². The molecule has 1 aliphatic heterocycles. The molecule has 4 N–H and O–H groups in total. The monoisotopic (exact) mass is 291 g/mol. The van der Waals surface area contributed by atoms with Gasteiger partial charge in [0.15, 0.2) is 0 Å². The molecule has 21 heavy (non-hydrogen) atoms. The number of anilines is 1. The number of para-hydroxylation sites is 1. The van der Waals surface area contributed by atoms with Crippen LogP contribution in [0.3, 0.4) is 0 Å². The minimum absolute atomic E-state index is 0.0129. The van der Waals surface area contributed by atoms with E-state index in [1.54, 1.807) is 0 Å². The first-order valence-electron chi connectivity index (χ1n) is 7.53. The van der Waals surface area contributed by atoms with E-state index in [9.17, 15) is 9.90 Å². The summed E-state index contributed by atoms with van der Waals surface area (Å²) in [5, 5.41) is 13.0. The molecule has 0 saturated carbocycles. The summed E-state index contributed by atoms with van der Waals surface area (Å²) >= 11 is 0. The van der Waals surface area contributed by atoms with Crippen LogP contribution in [0.4, 0.5) is 5.69 Å². The van der Waals surface area contributed by atoms with Crippen molar-refractivity contribution in [3.05, 3.63) is 29.8 Å². The highest BCUT2D eigenvalue weighted by Crippen LogP contribution is 2.20. The fourth-order valence-corrected chi connectivity index (χ4v) is 2.81. The second-order valence-electron chi connectivity index (χ2n) is 6.04. The molecule has 1 fully saturated rings. The van der Waals surface area contributed by atoms with Gasteiger partial charge < -0.3 is 16.2 Å². The number of nitrogens with zero attached hydrogens (tertiary/aromatic N) is 1. The normalized spacial score (nSPS) is 23.0. The van der Waals surface area contributed by atoms with E-state index < -0.39 is 5.60 Å². The molecule has 1 unspecified atom stereocenters. The molecule has 2 rings (SSSR count). The molecule has 1 aliphatic rings. The van der Waals surface area contributed by atoms with Crippen LogP contribution < -0.4 is 11.1 Å². The third-order valence-electron chi connectivity index (χ3n) is 3.92. The molecule has 0 aliphatic carbocycles. The van der Waals surface area contributed by atoms with Crippen molar-refractivity contribution in [2.45, 2.75) is 38.3 Å². The quantitative estimate of drug-likeness (QED) is 0.764. The van der Waals surface area contributed by atoms with E-state index >= 15 is 0 Å². The molecular formula is C16H25N3O2. The first kappa shape index (κ1) is 15.9. The van der Waals surface area contributed by atoms with E-state index in [2.05, 4.69) is 10.2 Å². The molecule has 1 aromatic rings. The van der Waals surface area contributed by atoms with Crippen LogP contribution >= 0.6 is 0 Å². The van der Waals surface area contributed by atoms with Gasteiger partial charge in [-0.3, -0.25) is 9.69 Å². The van der Waals surface area contributed by atoms with Gasteiger partial charge in [-0.2, -0.15) is 0 Å². The molecule has 116 valence electrons. The van der Waals surface area contributed by atoms with Crippen LogP contribution in [0.15, 0.2) is 24.3 Å². The fourth-order valence-electron chi connectivity index (χ4n) is 2.81. The molecule has 0 radical (unpaired) electrons. The van der Waals surface area contributed by atoms with E-state index in [1.165, 1.54) is 0 Å². The van der Waals surface area contributed by atoms with Gasteiger partial charge in [0.2, 0.25) is 5.91 Å². The number of benzene rings is 1. The van der Waals surface area contributed by atoms with Crippen LogP contribution in [-0.2, 0) is 11.3 Å². The van der Waals surface area contributed by atoms with Gasteiger partial charge in [0.1, 0.15) is 0 Å². The van der Waals surface area contributed by atoms with Crippen molar-refractivity contribution in [1.82, 2.24) is 4.90 Å². The molecule has 0 bridgehead atoms. The number of likely N-dealkylation sites (tertiary alicyclic amines) is 1. The van der Waals surface area contributed by atoms with Crippen LogP contribution in [0.2, 0.25) is 0 Å². The standard InChI is InChI=1S/C16H25N3O2/c1-16(21)8-4-9-19(12-16)10-7-15(20)18-14-6-3-2-5-13(14)11-17/h2-3,5-6,21H,4,7-12,17H2,1H3,(H,18,20). The number of nitrogens with two attached hydrogens (primary N) is 1. The lowest BCUT2D eigenvalue weighted by Gasteiger charge is -2.36. The molecule has 0 spiro atoms. The number of carbonyl (C=O) groups excluding carboxylic acids is 1. The van der Waals surface area contributed by atoms with Gasteiger partial charge in [0.25, 0.3) is 0 Å². The van der Waals surface area contributed by atoms with Crippen molar-refractivity contribution in [3.63, 3.8) is 0 Å². The Labute approximate surface area is 126 Å². The summed E-state index contributed by atoms with van der Waals surface area (Å²) in [6.45, 7) is 4.53. The number of β-amino-alcohol motifs (C(OH)–C–C–N with tert-alkyl or cyclic N) is 1. The van der Waals surface area contributed by atoms with Gasteiger partial charge >= 0.3 is 0 Å². The van der Waals surface area contributed by atoms with Crippen LogP contribution in [0.1, 0.15) is 31.7 Å². The Morgan fingerprint density at radius 2 is 2.24 bits per heavy atom. The van der Waals surface area contributed by atoms with Gasteiger partial charge in [0, 0.05) is 31.7 Å². The molecule has 1 heterocycles. The van der Waals surface area contributed by atoms with E-state index in [4.69, 9.17) is 5.73 Å². The maximum Gasteiger partial charge on any atom is 0.225 e. The number of hydrogen-bond acceptors (Lipinski definition) is 4. The molecule has 1 atom stereocenters. The average Bonchev–Trinajstić information content (AvgIpc) is 2.45. The number of hydrogen-bond donors (Lipinski definition) is 3. The van der Waals surface area contributed by atoms with Gasteiger partial charge in [-0.1, -0.05) is 18.2 Å². The molecule has 1 saturated heterocycles. The van der Waals surface area contributed by atoms with Gasteiger partial charge in [-0.05, 0) is 37.9 Å². The Morgan fingerprint density at radius 1 is 1.48 bits per heavy atom. The smallest absolute Gasteiger partial charge is 0.225 e. The summed E-state index contributed by atoms with van der Waals surface area (Å²) < 4.78 is 0. The third-order valence-corrected chi connectivity index (χ3v) is 3.92. The minimum atomic E-state index is -0.624. The van der Waals surface area contributed by atoms with Gasteiger partial charge in [0.05, 0.1) is 5.60 Å². The Kier molecular flexibility index (Phi) is 5.33. The average molecular weight is 291 g/mol. The van der Waals surface area contributed by atoms with Crippen LogP contribution in [0.25, 0.3) is 0 Å². The summed E-state index contributed by atoms with van der Waals surface area (Å²) in [7, 11) is 0. The van der Waals surface area contributed by atoms with Crippen LogP contribution in [0, 0.1) is 0 Å². The number of rotatable bonds is 5. The number of aliphatic hydroxyl groups is 1. The second kappa shape index (κ2) is 7.02. The van der Waals surface area contributed by atoms with Crippen molar-refractivity contribution in [1.29, 1.82) is 0 Å². The van der Waals surface area contributed by atoms with Gasteiger partial charge in [-0.25, -0.2) is 0 Å². The Morgan fingerprint density at radius 3 is 2.95 bits per heavy atom. The summed E-state index contributed by atoms with van der Waals surface area (Å²) in [6.07, 6.45) is 2.24. The zero-order valence-corrected chi connectivity index (χ0v) is 12.6. The maximum absolute atomic E-state index is 12.0. The van der Waals surface area contributed by atoms with Gasteiger partial charge in [-0.15, -0.1) is 0 Å². The number of amides is 1. The van der Waals surface area contributed by atoms with Crippen LogP contribution in [0.5, 0.6) is 0 Å². The molecule has 0 aromatic heterocycles. The zero-order chi connectivity index (χ0) is 15.3. The van der Waals surface area contributed by atoms with E-state index in [0.717, 1.165) is 30.6 Å². The SMILES string of the molecule is CC1(O)CCCN(CCC(=O)Nc2ccccc2CN)C1. The van der Waals surface area contributed by atoms with Crippen molar-refractivity contribution in [2.75, 3.05) is 25.0 Å². The minimum Gasteiger partial charge on any atom is -0.389 e.